The summed E-state index contributed by atoms with van der Waals surface area (Å²) in [7, 11) is 0. The number of nitrogens with zero attached hydrogens (tertiary/aromatic N) is 2. The normalized spacial score (nSPS) is 22.4. The zero-order valence-electron chi connectivity index (χ0n) is 12.7. The Kier molecular flexibility index (Phi) is 4.91. The molecule has 0 spiro atoms. The van der Waals surface area contributed by atoms with Crippen molar-refractivity contribution >= 4 is 5.82 Å². The van der Waals surface area contributed by atoms with E-state index in [9.17, 15) is 13.2 Å². The number of nitrogens with one attached hydrogen (secondary N) is 1. The molecule has 0 aliphatic carbocycles. The fourth-order valence-corrected chi connectivity index (χ4v) is 2.77. The van der Waals surface area contributed by atoms with Crippen LogP contribution in [0.2, 0.25) is 0 Å². The maximum atomic E-state index is 13.1. The number of aromatic nitrogens is 1. The maximum Gasteiger partial charge on any atom is 0.421 e. The molecule has 1 N–H and O–H groups in total. The molecular formula is C15H20F3N3O2. The molecule has 23 heavy (non-hydrogen) atoms. The van der Waals surface area contributed by atoms with Crippen LogP contribution >= 0.6 is 0 Å². The van der Waals surface area contributed by atoms with Crippen molar-refractivity contribution in [1.29, 1.82) is 0 Å². The fraction of sp³-hybridized carbons (Fsp3) is 0.667. The Bertz CT molecular complexity index is 527. The number of pyridine rings is 1. The summed E-state index contributed by atoms with van der Waals surface area (Å²) in [6.07, 6.45) is -2.92. The van der Waals surface area contributed by atoms with Crippen molar-refractivity contribution in [2.75, 3.05) is 44.3 Å². The van der Waals surface area contributed by atoms with Crippen LogP contribution in [0.4, 0.5) is 19.0 Å². The highest BCUT2D eigenvalue weighted by Gasteiger charge is 2.36. The van der Waals surface area contributed by atoms with E-state index in [0.29, 0.717) is 25.5 Å². The van der Waals surface area contributed by atoms with Crippen LogP contribution in [0.15, 0.2) is 12.1 Å². The third-order valence-electron chi connectivity index (χ3n) is 4.02. The van der Waals surface area contributed by atoms with E-state index < -0.39 is 11.7 Å². The summed E-state index contributed by atoms with van der Waals surface area (Å²) >= 11 is 0. The lowest BCUT2D eigenvalue weighted by Gasteiger charge is -2.29. The average Bonchev–Trinajstić information content (AvgIpc) is 3.06. The zero-order valence-corrected chi connectivity index (χ0v) is 12.7. The molecule has 1 aromatic rings. The van der Waals surface area contributed by atoms with Gasteiger partial charge in [-0.3, -0.25) is 0 Å². The smallest absolute Gasteiger partial charge is 0.421 e. The first kappa shape index (κ1) is 16.3. The van der Waals surface area contributed by atoms with Crippen molar-refractivity contribution in [1.82, 2.24) is 10.3 Å². The fourth-order valence-electron chi connectivity index (χ4n) is 2.77. The minimum atomic E-state index is -4.49. The Morgan fingerprint density at radius 3 is 2.74 bits per heavy atom. The molecule has 0 aromatic carbocycles. The molecule has 0 radical (unpaired) electrons. The SMILES string of the molecule is FC(F)(F)c1ccc(N2CCNCC2)nc1OCC1CCCO1. The summed E-state index contributed by atoms with van der Waals surface area (Å²) in [5.74, 6) is 0.158. The van der Waals surface area contributed by atoms with Crippen LogP contribution < -0.4 is 15.0 Å². The van der Waals surface area contributed by atoms with Crippen LogP contribution in [0.1, 0.15) is 18.4 Å². The second-order valence-electron chi connectivity index (χ2n) is 5.70. The molecule has 2 fully saturated rings. The molecule has 1 atom stereocenters. The first-order valence-electron chi connectivity index (χ1n) is 7.82. The largest absolute Gasteiger partial charge is 0.474 e. The van der Waals surface area contributed by atoms with Gasteiger partial charge in [0.25, 0.3) is 0 Å². The predicted octanol–water partition coefficient (Wildman–Crippen LogP) is 2.07. The highest BCUT2D eigenvalue weighted by Crippen LogP contribution is 2.36. The van der Waals surface area contributed by atoms with Gasteiger partial charge in [0.05, 0.1) is 6.10 Å². The molecule has 128 valence electrons. The lowest BCUT2D eigenvalue weighted by atomic mass is 10.2. The van der Waals surface area contributed by atoms with Gasteiger partial charge in [-0.25, -0.2) is 0 Å². The molecule has 3 rings (SSSR count). The van der Waals surface area contributed by atoms with Crippen molar-refractivity contribution in [2.45, 2.75) is 25.1 Å². The van der Waals surface area contributed by atoms with Gasteiger partial charge in [-0.1, -0.05) is 0 Å². The van der Waals surface area contributed by atoms with Gasteiger partial charge in [-0.2, -0.15) is 18.2 Å². The number of anilines is 1. The third-order valence-corrected chi connectivity index (χ3v) is 4.02. The van der Waals surface area contributed by atoms with Gasteiger partial charge in [-0.05, 0) is 25.0 Å². The molecule has 5 nitrogen and oxygen atoms in total. The number of halogens is 3. The molecule has 2 saturated heterocycles. The van der Waals surface area contributed by atoms with E-state index in [4.69, 9.17) is 9.47 Å². The first-order chi connectivity index (χ1) is 11.0. The van der Waals surface area contributed by atoms with Gasteiger partial charge in [0.15, 0.2) is 0 Å². The van der Waals surface area contributed by atoms with Crippen molar-refractivity contribution in [3.8, 4) is 5.88 Å². The average molecular weight is 331 g/mol. The second-order valence-corrected chi connectivity index (χ2v) is 5.70. The number of ether oxygens (including phenoxy) is 2. The third kappa shape index (κ3) is 4.06. The lowest BCUT2D eigenvalue weighted by molar-refractivity contribution is -0.139. The van der Waals surface area contributed by atoms with Gasteiger partial charge in [-0.15, -0.1) is 0 Å². The van der Waals surface area contributed by atoms with Gasteiger partial charge in [0.2, 0.25) is 5.88 Å². The molecule has 1 aromatic heterocycles. The Hall–Kier alpha value is -1.54. The number of alkyl halides is 3. The molecule has 1 unspecified atom stereocenters. The highest BCUT2D eigenvalue weighted by atomic mass is 19.4. The van der Waals surface area contributed by atoms with E-state index in [1.807, 2.05) is 4.90 Å². The molecule has 0 amide bonds. The van der Waals surface area contributed by atoms with E-state index in [2.05, 4.69) is 10.3 Å². The molecular weight excluding hydrogens is 311 g/mol. The summed E-state index contributed by atoms with van der Waals surface area (Å²) in [6, 6.07) is 2.46. The summed E-state index contributed by atoms with van der Waals surface area (Å²) < 4.78 is 50.2. The summed E-state index contributed by atoms with van der Waals surface area (Å²) in [4.78, 5) is 6.08. The highest BCUT2D eigenvalue weighted by molar-refractivity contribution is 5.45. The van der Waals surface area contributed by atoms with Gasteiger partial charge < -0.3 is 19.7 Å². The van der Waals surface area contributed by atoms with Gasteiger partial charge in [0.1, 0.15) is 18.0 Å². The number of rotatable bonds is 4. The van der Waals surface area contributed by atoms with Crippen molar-refractivity contribution in [2.24, 2.45) is 0 Å². The predicted molar refractivity (Wildman–Crippen MR) is 78.8 cm³/mol. The van der Waals surface area contributed by atoms with Crippen molar-refractivity contribution < 1.29 is 22.6 Å². The molecule has 8 heteroatoms. The van der Waals surface area contributed by atoms with E-state index in [1.54, 1.807) is 0 Å². The van der Waals surface area contributed by atoms with Gasteiger partial charge >= 0.3 is 6.18 Å². The van der Waals surface area contributed by atoms with Gasteiger partial charge in [0, 0.05) is 32.8 Å². The van der Waals surface area contributed by atoms with Crippen LogP contribution in [0, 0.1) is 0 Å². The van der Waals surface area contributed by atoms with E-state index in [0.717, 1.165) is 32.0 Å². The number of hydrogen-bond donors (Lipinski definition) is 1. The minimum Gasteiger partial charge on any atom is -0.474 e. The second kappa shape index (κ2) is 6.92. The topological polar surface area (TPSA) is 46.6 Å². The first-order valence-corrected chi connectivity index (χ1v) is 7.82. The Labute approximate surface area is 132 Å². The Balaban J connectivity index is 1.79. The summed E-state index contributed by atoms with van der Waals surface area (Å²) in [5.41, 5.74) is -0.839. The Morgan fingerprint density at radius 1 is 1.30 bits per heavy atom. The summed E-state index contributed by atoms with van der Waals surface area (Å²) in [6.45, 7) is 3.73. The van der Waals surface area contributed by atoms with E-state index in [-0.39, 0.29) is 18.6 Å². The van der Waals surface area contributed by atoms with Crippen molar-refractivity contribution in [3.63, 3.8) is 0 Å². The maximum absolute atomic E-state index is 13.1. The monoisotopic (exact) mass is 331 g/mol. The number of piperazine rings is 1. The van der Waals surface area contributed by atoms with E-state index >= 15 is 0 Å². The number of hydrogen-bond acceptors (Lipinski definition) is 5. The van der Waals surface area contributed by atoms with Crippen LogP contribution in [0.3, 0.4) is 0 Å². The van der Waals surface area contributed by atoms with Crippen molar-refractivity contribution in [3.05, 3.63) is 17.7 Å². The lowest BCUT2D eigenvalue weighted by Crippen LogP contribution is -2.44. The minimum absolute atomic E-state index is 0.0983. The molecule has 3 heterocycles. The quantitative estimate of drug-likeness (QED) is 0.915. The standard InChI is InChI=1S/C15H20F3N3O2/c16-15(17,18)12-3-4-13(21-7-5-19-6-8-21)20-14(12)23-10-11-2-1-9-22-11/h3-4,11,19H,1-2,5-10H2. The molecule has 2 aliphatic rings. The molecule has 0 saturated carbocycles. The van der Waals surface area contributed by atoms with Crippen LogP contribution in [-0.2, 0) is 10.9 Å². The molecule has 0 bridgehead atoms. The molecule has 2 aliphatic heterocycles. The summed E-state index contributed by atoms with van der Waals surface area (Å²) in [5, 5.41) is 3.20. The Morgan fingerprint density at radius 2 is 2.09 bits per heavy atom. The van der Waals surface area contributed by atoms with Crippen LogP contribution in [0.5, 0.6) is 5.88 Å². The van der Waals surface area contributed by atoms with E-state index in [1.165, 1.54) is 6.07 Å². The van der Waals surface area contributed by atoms with Crippen LogP contribution in [-0.4, -0.2) is 50.5 Å². The van der Waals surface area contributed by atoms with Crippen LogP contribution in [0.25, 0.3) is 0 Å². The zero-order chi connectivity index (χ0) is 16.3.